The predicted octanol–water partition coefficient (Wildman–Crippen LogP) is 2.18. The Morgan fingerprint density at radius 1 is 1.19 bits per heavy atom. The SMILES string of the molecule is CC(=O)Nc1ccc(C(=O)NCc2c(C)noc2C)cc1. The van der Waals surface area contributed by atoms with E-state index in [4.69, 9.17) is 4.52 Å². The number of rotatable bonds is 4. The Hall–Kier alpha value is -2.63. The summed E-state index contributed by atoms with van der Waals surface area (Å²) in [5.74, 6) is 0.365. The van der Waals surface area contributed by atoms with Gasteiger partial charge in [-0.25, -0.2) is 0 Å². The van der Waals surface area contributed by atoms with E-state index in [1.165, 1.54) is 6.92 Å². The largest absolute Gasteiger partial charge is 0.361 e. The van der Waals surface area contributed by atoms with Crippen molar-refractivity contribution in [2.75, 3.05) is 5.32 Å². The maximum absolute atomic E-state index is 12.0. The van der Waals surface area contributed by atoms with Crippen molar-refractivity contribution in [1.82, 2.24) is 10.5 Å². The summed E-state index contributed by atoms with van der Waals surface area (Å²) in [5.41, 5.74) is 2.84. The van der Waals surface area contributed by atoms with Gasteiger partial charge >= 0.3 is 0 Å². The maximum Gasteiger partial charge on any atom is 0.251 e. The molecular formula is C15H17N3O3. The van der Waals surface area contributed by atoms with E-state index in [9.17, 15) is 9.59 Å². The highest BCUT2D eigenvalue weighted by atomic mass is 16.5. The molecule has 0 saturated carbocycles. The van der Waals surface area contributed by atoms with E-state index >= 15 is 0 Å². The van der Waals surface area contributed by atoms with Gasteiger partial charge in [-0.3, -0.25) is 9.59 Å². The fourth-order valence-electron chi connectivity index (χ4n) is 1.93. The lowest BCUT2D eigenvalue weighted by Gasteiger charge is -2.06. The molecule has 2 rings (SSSR count). The summed E-state index contributed by atoms with van der Waals surface area (Å²) in [7, 11) is 0. The van der Waals surface area contributed by atoms with Crippen LogP contribution in [0.2, 0.25) is 0 Å². The third-order valence-electron chi connectivity index (χ3n) is 3.07. The first-order valence-corrected chi connectivity index (χ1v) is 6.55. The molecule has 2 aromatic rings. The summed E-state index contributed by atoms with van der Waals surface area (Å²) in [6, 6.07) is 6.69. The zero-order valence-electron chi connectivity index (χ0n) is 12.2. The number of carbonyl (C=O) groups excluding carboxylic acids is 2. The minimum atomic E-state index is -0.190. The van der Waals surface area contributed by atoms with Crippen LogP contribution < -0.4 is 10.6 Å². The van der Waals surface area contributed by atoms with Crippen LogP contribution in [0.1, 0.15) is 34.3 Å². The van der Waals surface area contributed by atoms with Crippen molar-refractivity contribution >= 4 is 17.5 Å². The van der Waals surface area contributed by atoms with Crippen molar-refractivity contribution in [2.45, 2.75) is 27.3 Å². The number of hydrogen-bond acceptors (Lipinski definition) is 4. The summed E-state index contributed by atoms with van der Waals surface area (Å²) in [6.45, 7) is 5.45. The Kier molecular flexibility index (Phi) is 4.37. The Morgan fingerprint density at radius 3 is 2.38 bits per heavy atom. The zero-order chi connectivity index (χ0) is 15.4. The van der Waals surface area contributed by atoms with Gasteiger partial charge in [0, 0.05) is 30.3 Å². The molecule has 0 bridgehead atoms. The molecule has 1 heterocycles. The molecule has 1 aromatic carbocycles. The van der Waals surface area contributed by atoms with Crippen LogP contribution >= 0.6 is 0 Å². The molecule has 0 aliphatic rings. The molecule has 0 unspecified atom stereocenters. The molecule has 6 heteroatoms. The Bertz CT molecular complexity index is 640. The summed E-state index contributed by atoms with van der Waals surface area (Å²) >= 11 is 0. The summed E-state index contributed by atoms with van der Waals surface area (Å²) < 4.78 is 5.04. The minimum Gasteiger partial charge on any atom is -0.361 e. The number of carbonyl (C=O) groups is 2. The smallest absolute Gasteiger partial charge is 0.251 e. The van der Waals surface area contributed by atoms with Crippen LogP contribution in [0.4, 0.5) is 5.69 Å². The first kappa shape index (κ1) is 14.8. The van der Waals surface area contributed by atoms with Gasteiger partial charge in [0.05, 0.1) is 5.69 Å². The molecule has 0 fully saturated rings. The Balaban J connectivity index is 1.99. The molecule has 21 heavy (non-hydrogen) atoms. The van der Waals surface area contributed by atoms with Crippen molar-refractivity contribution in [3.8, 4) is 0 Å². The summed E-state index contributed by atoms with van der Waals surface area (Å²) in [6.07, 6.45) is 0. The molecular weight excluding hydrogens is 270 g/mol. The van der Waals surface area contributed by atoms with Gasteiger partial charge < -0.3 is 15.2 Å². The highest BCUT2D eigenvalue weighted by molar-refractivity contribution is 5.95. The van der Waals surface area contributed by atoms with E-state index < -0.39 is 0 Å². The average Bonchev–Trinajstić information content (AvgIpc) is 2.75. The summed E-state index contributed by atoms with van der Waals surface area (Å²) in [4.78, 5) is 23.0. The van der Waals surface area contributed by atoms with E-state index in [1.807, 2.05) is 13.8 Å². The molecule has 2 N–H and O–H groups in total. The number of nitrogens with zero attached hydrogens (tertiary/aromatic N) is 1. The van der Waals surface area contributed by atoms with Gasteiger partial charge in [-0.1, -0.05) is 5.16 Å². The summed E-state index contributed by atoms with van der Waals surface area (Å²) in [5, 5.41) is 9.31. The third kappa shape index (κ3) is 3.68. The molecule has 0 saturated heterocycles. The molecule has 0 spiro atoms. The van der Waals surface area contributed by atoms with Gasteiger partial charge in [-0.2, -0.15) is 0 Å². The first-order chi connectivity index (χ1) is 9.97. The zero-order valence-corrected chi connectivity index (χ0v) is 12.2. The number of aryl methyl sites for hydroxylation is 2. The molecule has 2 amide bonds. The second kappa shape index (κ2) is 6.21. The van der Waals surface area contributed by atoms with Gasteiger partial charge in [0.25, 0.3) is 5.91 Å². The first-order valence-electron chi connectivity index (χ1n) is 6.55. The number of aromatic nitrogens is 1. The molecule has 0 radical (unpaired) electrons. The van der Waals surface area contributed by atoms with Gasteiger partial charge in [0.15, 0.2) is 0 Å². The van der Waals surface area contributed by atoms with Gasteiger partial charge in [-0.15, -0.1) is 0 Å². The lowest BCUT2D eigenvalue weighted by atomic mass is 10.1. The van der Waals surface area contributed by atoms with Crippen LogP contribution in [0, 0.1) is 13.8 Å². The number of anilines is 1. The van der Waals surface area contributed by atoms with Crippen molar-refractivity contribution in [3.05, 3.63) is 46.8 Å². The highest BCUT2D eigenvalue weighted by Gasteiger charge is 2.11. The monoisotopic (exact) mass is 287 g/mol. The highest BCUT2D eigenvalue weighted by Crippen LogP contribution is 2.13. The van der Waals surface area contributed by atoms with Crippen LogP contribution in [-0.2, 0) is 11.3 Å². The minimum absolute atomic E-state index is 0.148. The van der Waals surface area contributed by atoms with Gasteiger partial charge in [0.2, 0.25) is 5.91 Å². The normalized spacial score (nSPS) is 10.2. The molecule has 0 aliphatic carbocycles. The topological polar surface area (TPSA) is 84.2 Å². The van der Waals surface area contributed by atoms with Crippen molar-refractivity contribution < 1.29 is 14.1 Å². The second-order valence-corrected chi connectivity index (χ2v) is 4.74. The Labute approximate surface area is 122 Å². The van der Waals surface area contributed by atoms with Crippen molar-refractivity contribution in [2.24, 2.45) is 0 Å². The third-order valence-corrected chi connectivity index (χ3v) is 3.07. The number of nitrogens with one attached hydrogen (secondary N) is 2. The van der Waals surface area contributed by atoms with Gasteiger partial charge in [-0.05, 0) is 38.1 Å². The van der Waals surface area contributed by atoms with E-state index in [1.54, 1.807) is 24.3 Å². The van der Waals surface area contributed by atoms with Crippen LogP contribution in [0.15, 0.2) is 28.8 Å². The van der Waals surface area contributed by atoms with E-state index in [0.29, 0.717) is 23.6 Å². The second-order valence-electron chi connectivity index (χ2n) is 4.74. The molecule has 0 atom stereocenters. The molecule has 6 nitrogen and oxygen atoms in total. The number of amides is 2. The van der Waals surface area contributed by atoms with E-state index in [0.717, 1.165) is 11.3 Å². The quantitative estimate of drug-likeness (QED) is 0.902. The van der Waals surface area contributed by atoms with E-state index in [2.05, 4.69) is 15.8 Å². The van der Waals surface area contributed by atoms with Crippen LogP contribution in [-0.4, -0.2) is 17.0 Å². The number of benzene rings is 1. The predicted molar refractivity (Wildman–Crippen MR) is 77.9 cm³/mol. The molecule has 110 valence electrons. The Morgan fingerprint density at radius 2 is 1.86 bits per heavy atom. The fourth-order valence-corrected chi connectivity index (χ4v) is 1.93. The van der Waals surface area contributed by atoms with Crippen LogP contribution in [0.3, 0.4) is 0 Å². The molecule has 1 aromatic heterocycles. The van der Waals surface area contributed by atoms with Gasteiger partial charge in [0.1, 0.15) is 5.76 Å². The standard InChI is InChI=1S/C15H17N3O3/c1-9-14(10(2)21-18-9)8-16-15(20)12-4-6-13(7-5-12)17-11(3)19/h4-7H,8H2,1-3H3,(H,16,20)(H,17,19). The van der Waals surface area contributed by atoms with Crippen LogP contribution in [0.25, 0.3) is 0 Å². The lowest BCUT2D eigenvalue weighted by molar-refractivity contribution is -0.114. The van der Waals surface area contributed by atoms with Crippen LogP contribution in [0.5, 0.6) is 0 Å². The molecule has 0 aliphatic heterocycles. The van der Waals surface area contributed by atoms with Crippen molar-refractivity contribution in [1.29, 1.82) is 0 Å². The maximum atomic E-state index is 12.0. The lowest BCUT2D eigenvalue weighted by Crippen LogP contribution is -2.23. The van der Waals surface area contributed by atoms with Crippen molar-refractivity contribution in [3.63, 3.8) is 0 Å². The number of hydrogen-bond donors (Lipinski definition) is 2. The fraction of sp³-hybridized carbons (Fsp3) is 0.267. The average molecular weight is 287 g/mol. The van der Waals surface area contributed by atoms with E-state index in [-0.39, 0.29) is 11.8 Å².